The number of amides is 1. The molecule has 0 aliphatic carbocycles. The Balaban J connectivity index is 1.66. The molecule has 2 atom stereocenters. The third-order valence-corrected chi connectivity index (χ3v) is 5.46. The summed E-state index contributed by atoms with van der Waals surface area (Å²) in [6, 6.07) is 5.82. The highest BCUT2D eigenvalue weighted by Crippen LogP contribution is 2.29. The molecule has 1 fully saturated rings. The summed E-state index contributed by atoms with van der Waals surface area (Å²) in [5.41, 5.74) is 11.3. The van der Waals surface area contributed by atoms with Crippen molar-refractivity contribution in [3.05, 3.63) is 53.2 Å². The first-order valence-corrected chi connectivity index (χ1v) is 8.56. The molecule has 0 radical (unpaired) electrons. The minimum atomic E-state index is -0.0781. The minimum absolute atomic E-state index is 0.0342. The molecule has 130 valence electrons. The number of rotatable bonds is 2. The fourth-order valence-electron chi connectivity index (χ4n) is 3.86. The number of aryl methyl sites for hydroxylation is 3. The first-order valence-electron chi connectivity index (χ1n) is 8.56. The Kier molecular flexibility index (Phi) is 3.65. The Morgan fingerprint density at radius 3 is 2.84 bits per heavy atom. The van der Waals surface area contributed by atoms with Crippen molar-refractivity contribution in [2.24, 2.45) is 12.8 Å². The summed E-state index contributed by atoms with van der Waals surface area (Å²) in [6.45, 7) is 5.29. The molecule has 1 aromatic carbocycles. The molecule has 3 N–H and O–H groups in total. The van der Waals surface area contributed by atoms with Crippen LogP contribution in [-0.4, -0.2) is 44.5 Å². The number of aromatic nitrogens is 3. The summed E-state index contributed by atoms with van der Waals surface area (Å²) in [5.74, 6) is 0.148. The molecule has 1 saturated heterocycles. The van der Waals surface area contributed by atoms with Crippen LogP contribution in [0.5, 0.6) is 0 Å². The number of nitrogens with two attached hydrogens (primary N) is 1. The predicted molar refractivity (Wildman–Crippen MR) is 97.6 cm³/mol. The number of nitrogens with one attached hydrogen (secondary N) is 1. The quantitative estimate of drug-likeness (QED) is 0.751. The second kappa shape index (κ2) is 5.74. The van der Waals surface area contributed by atoms with Gasteiger partial charge in [0.15, 0.2) is 0 Å². The van der Waals surface area contributed by atoms with E-state index in [0.717, 1.165) is 22.3 Å². The average molecular weight is 337 g/mol. The number of H-pyrrole nitrogens is 1. The first kappa shape index (κ1) is 15.9. The van der Waals surface area contributed by atoms with E-state index in [1.807, 2.05) is 41.8 Å². The summed E-state index contributed by atoms with van der Waals surface area (Å²) in [5, 5.41) is 1.11. The van der Waals surface area contributed by atoms with Gasteiger partial charge in [0.2, 0.25) is 0 Å². The Morgan fingerprint density at radius 2 is 2.12 bits per heavy atom. The third-order valence-electron chi connectivity index (χ3n) is 5.46. The lowest BCUT2D eigenvalue weighted by molar-refractivity contribution is 0.0790. The number of aromatic amines is 1. The van der Waals surface area contributed by atoms with Crippen molar-refractivity contribution in [2.45, 2.75) is 25.8 Å². The van der Waals surface area contributed by atoms with Crippen LogP contribution in [0.1, 0.15) is 33.2 Å². The van der Waals surface area contributed by atoms with Gasteiger partial charge in [0.05, 0.1) is 17.4 Å². The second-order valence-corrected chi connectivity index (χ2v) is 7.01. The van der Waals surface area contributed by atoms with Crippen molar-refractivity contribution in [3.63, 3.8) is 0 Å². The van der Waals surface area contributed by atoms with Crippen LogP contribution in [0.4, 0.5) is 0 Å². The SMILES string of the molecule is Cc1[nH]c2c(C(=O)N3C[C@@H](N)[C@H](c4cncn4C)C3)cccc2c1C. The molecule has 25 heavy (non-hydrogen) atoms. The van der Waals surface area contributed by atoms with Gasteiger partial charge in [-0.1, -0.05) is 12.1 Å². The zero-order valence-corrected chi connectivity index (χ0v) is 14.8. The summed E-state index contributed by atoms with van der Waals surface area (Å²) in [6.07, 6.45) is 3.62. The molecule has 3 aromatic rings. The highest BCUT2D eigenvalue weighted by atomic mass is 16.2. The molecule has 3 heterocycles. The van der Waals surface area contributed by atoms with Crippen molar-refractivity contribution in [2.75, 3.05) is 13.1 Å². The molecule has 1 aliphatic heterocycles. The Labute approximate surface area is 146 Å². The predicted octanol–water partition coefficient (Wildman–Crippen LogP) is 2.09. The average Bonchev–Trinajstić information content (AvgIpc) is 3.26. The van der Waals surface area contributed by atoms with E-state index in [9.17, 15) is 4.79 Å². The number of imidazole rings is 1. The zero-order valence-electron chi connectivity index (χ0n) is 14.8. The summed E-state index contributed by atoms with van der Waals surface area (Å²) >= 11 is 0. The second-order valence-electron chi connectivity index (χ2n) is 7.01. The van der Waals surface area contributed by atoms with Crippen molar-refractivity contribution in [1.82, 2.24) is 19.4 Å². The monoisotopic (exact) mass is 337 g/mol. The Morgan fingerprint density at radius 1 is 1.32 bits per heavy atom. The minimum Gasteiger partial charge on any atom is -0.358 e. The smallest absolute Gasteiger partial charge is 0.256 e. The highest BCUT2D eigenvalue weighted by molar-refractivity contribution is 6.06. The van der Waals surface area contributed by atoms with Gasteiger partial charge in [0.1, 0.15) is 0 Å². The van der Waals surface area contributed by atoms with Crippen LogP contribution in [0.3, 0.4) is 0 Å². The summed E-state index contributed by atoms with van der Waals surface area (Å²) in [7, 11) is 1.96. The Hall–Kier alpha value is -2.60. The molecule has 2 aromatic heterocycles. The third kappa shape index (κ3) is 2.44. The molecule has 0 unspecified atom stereocenters. The largest absolute Gasteiger partial charge is 0.358 e. The van der Waals surface area contributed by atoms with Gasteiger partial charge >= 0.3 is 0 Å². The van der Waals surface area contributed by atoms with E-state index < -0.39 is 0 Å². The van der Waals surface area contributed by atoms with Crippen molar-refractivity contribution >= 4 is 16.8 Å². The lowest BCUT2D eigenvalue weighted by Crippen LogP contribution is -2.32. The number of fused-ring (bicyclic) bond motifs is 1. The fraction of sp³-hybridized carbons (Fsp3) is 0.368. The number of nitrogens with zero attached hydrogens (tertiary/aromatic N) is 3. The molecule has 0 saturated carbocycles. The van der Waals surface area contributed by atoms with Gasteiger partial charge in [-0.3, -0.25) is 4.79 Å². The van der Waals surface area contributed by atoms with Gasteiger partial charge < -0.3 is 20.2 Å². The summed E-state index contributed by atoms with van der Waals surface area (Å²) < 4.78 is 1.98. The van der Waals surface area contributed by atoms with Gasteiger partial charge in [-0.15, -0.1) is 0 Å². The topological polar surface area (TPSA) is 79.9 Å². The van der Waals surface area contributed by atoms with Gasteiger partial charge in [-0.05, 0) is 25.5 Å². The van der Waals surface area contributed by atoms with E-state index in [-0.39, 0.29) is 17.9 Å². The van der Waals surface area contributed by atoms with Crippen LogP contribution in [0.2, 0.25) is 0 Å². The highest BCUT2D eigenvalue weighted by Gasteiger charge is 2.36. The maximum absolute atomic E-state index is 13.2. The molecular formula is C19H23N5O. The fourth-order valence-corrected chi connectivity index (χ4v) is 3.86. The van der Waals surface area contributed by atoms with Crippen LogP contribution in [0.15, 0.2) is 30.7 Å². The van der Waals surface area contributed by atoms with Gasteiger partial charge in [0.25, 0.3) is 5.91 Å². The molecule has 4 rings (SSSR count). The van der Waals surface area contributed by atoms with Crippen LogP contribution in [0, 0.1) is 13.8 Å². The van der Waals surface area contributed by atoms with E-state index in [4.69, 9.17) is 5.73 Å². The van der Waals surface area contributed by atoms with Crippen LogP contribution in [-0.2, 0) is 7.05 Å². The van der Waals surface area contributed by atoms with E-state index in [0.29, 0.717) is 18.7 Å². The maximum Gasteiger partial charge on any atom is 0.256 e. The maximum atomic E-state index is 13.2. The van der Waals surface area contributed by atoms with Crippen molar-refractivity contribution in [1.29, 1.82) is 0 Å². The number of benzene rings is 1. The first-order chi connectivity index (χ1) is 12.0. The lowest BCUT2D eigenvalue weighted by atomic mass is 10.0. The molecule has 1 aliphatic rings. The molecule has 6 nitrogen and oxygen atoms in total. The van der Waals surface area contributed by atoms with E-state index in [1.54, 1.807) is 6.33 Å². The lowest BCUT2D eigenvalue weighted by Gasteiger charge is -2.17. The van der Waals surface area contributed by atoms with Crippen LogP contribution >= 0.6 is 0 Å². The molecule has 0 bridgehead atoms. The number of carbonyl (C=O) groups is 1. The molecule has 1 amide bonds. The number of carbonyl (C=O) groups excluding carboxylic acids is 1. The van der Waals surface area contributed by atoms with Crippen LogP contribution < -0.4 is 5.73 Å². The number of hydrogen-bond acceptors (Lipinski definition) is 3. The number of likely N-dealkylation sites (tertiary alicyclic amines) is 1. The van der Waals surface area contributed by atoms with Crippen molar-refractivity contribution < 1.29 is 4.79 Å². The Bertz CT molecular complexity index is 954. The standard InChI is InChI=1S/C19H23N5O/c1-11-12(2)22-18-13(11)5-4-6-14(18)19(25)24-8-15(16(20)9-24)17-7-21-10-23(17)3/h4-7,10,15-16,22H,8-9,20H2,1-3H3/t15-,16-/m1/s1. The van der Waals surface area contributed by atoms with Gasteiger partial charge in [-0.25, -0.2) is 4.98 Å². The molecular weight excluding hydrogens is 314 g/mol. The van der Waals surface area contributed by atoms with Gasteiger partial charge in [-0.2, -0.15) is 0 Å². The summed E-state index contributed by atoms with van der Waals surface area (Å²) in [4.78, 5) is 22.6. The number of para-hydroxylation sites is 1. The van der Waals surface area contributed by atoms with Crippen LogP contribution in [0.25, 0.3) is 10.9 Å². The molecule has 6 heteroatoms. The van der Waals surface area contributed by atoms with E-state index in [1.165, 1.54) is 5.56 Å². The van der Waals surface area contributed by atoms with E-state index in [2.05, 4.69) is 23.0 Å². The number of hydrogen-bond donors (Lipinski definition) is 2. The van der Waals surface area contributed by atoms with Crippen molar-refractivity contribution in [3.8, 4) is 0 Å². The van der Waals surface area contributed by atoms with Gasteiger partial charge in [0, 0.05) is 55.1 Å². The zero-order chi connectivity index (χ0) is 17.7. The van der Waals surface area contributed by atoms with E-state index >= 15 is 0 Å². The molecule has 0 spiro atoms. The normalized spacial score (nSPS) is 20.6.